The molecule has 1 fully saturated rings. The lowest BCUT2D eigenvalue weighted by Gasteiger charge is -2.15. The summed E-state index contributed by atoms with van der Waals surface area (Å²) in [6.07, 6.45) is 1.80. The van der Waals surface area contributed by atoms with Crippen LogP contribution in [0.5, 0.6) is 5.75 Å². The SMILES string of the molecule is COc1cccc(/C=[N+]2\NC(=O)[C@@H](NC(=O)c3ccc(Cl)cc3)[C@@H]2c2ccc(Cl)cc2)c1. The van der Waals surface area contributed by atoms with E-state index in [-0.39, 0.29) is 11.8 Å². The Hall–Kier alpha value is -3.35. The van der Waals surface area contributed by atoms with Crippen LogP contribution >= 0.6 is 23.2 Å². The maximum Gasteiger partial charge on any atom is 0.304 e. The summed E-state index contributed by atoms with van der Waals surface area (Å²) in [6.45, 7) is 0. The van der Waals surface area contributed by atoms with Gasteiger partial charge in [-0.15, -0.1) is 10.1 Å². The van der Waals surface area contributed by atoms with E-state index in [2.05, 4.69) is 10.7 Å². The molecule has 0 aromatic heterocycles. The number of hydrogen-bond acceptors (Lipinski definition) is 3. The maximum absolute atomic E-state index is 12.9. The molecule has 1 saturated heterocycles. The van der Waals surface area contributed by atoms with E-state index in [1.54, 1.807) is 54.4 Å². The normalized spacial score (nSPS) is 19.0. The lowest BCUT2D eigenvalue weighted by molar-refractivity contribution is -0.596. The molecule has 0 unspecified atom stereocenters. The standard InChI is InChI=1S/C24H19Cl2N3O3/c1-32-20-4-2-3-15(13-20)14-29-22(16-5-9-18(25)10-6-16)21(24(31)28-29)27-23(30)17-7-11-19(26)12-8-17/h2-14,21-22H,1H3,(H-,27,28,30,31)/p+1/b29-14-/t21-,22-/m0/s1. The highest BCUT2D eigenvalue weighted by Crippen LogP contribution is 2.27. The van der Waals surface area contributed by atoms with Crippen molar-refractivity contribution in [1.29, 1.82) is 0 Å². The fourth-order valence-corrected chi connectivity index (χ4v) is 3.80. The van der Waals surface area contributed by atoms with Crippen LogP contribution in [0.4, 0.5) is 0 Å². The number of carbonyl (C=O) groups excluding carboxylic acids is 2. The molecule has 4 rings (SSSR count). The molecule has 0 saturated carbocycles. The topological polar surface area (TPSA) is 70.4 Å². The minimum Gasteiger partial charge on any atom is -0.497 e. The predicted octanol–water partition coefficient (Wildman–Crippen LogP) is 4.02. The van der Waals surface area contributed by atoms with Crippen LogP contribution in [0.3, 0.4) is 0 Å². The van der Waals surface area contributed by atoms with Gasteiger partial charge in [0.1, 0.15) is 5.75 Å². The number of ether oxygens (including phenoxy) is 1. The van der Waals surface area contributed by atoms with Gasteiger partial charge in [0.15, 0.2) is 6.04 Å². The van der Waals surface area contributed by atoms with Crippen LogP contribution in [0, 0.1) is 0 Å². The van der Waals surface area contributed by atoms with Gasteiger partial charge in [0.05, 0.1) is 7.11 Å². The molecule has 0 spiro atoms. The van der Waals surface area contributed by atoms with Gasteiger partial charge in [-0.3, -0.25) is 9.59 Å². The van der Waals surface area contributed by atoms with Crippen molar-refractivity contribution in [3.8, 4) is 5.75 Å². The van der Waals surface area contributed by atoms with Gasteiger partial charge >= 0.3 is 5.91 Å². The van der Waals surface area contributed by atoms with Crippen molar-refractivity contribution >= 4 is 41.2 Å². The van der Waals surface area contributed by atoms with E-state index in [1.807, 2.05) is 36.4 Å². The Morgan fingerprint density at radius 2 is 1.69 bits per heavy atom. The quantitative estimate of drug-likeness (QED) is 0.555. The average molecular weight is 469 g/mol. The van der Waals surface area contributed by atoms with Crippen LogP contribution in [0.25, 0.3) is 0 Å². The zero-order chi connectivity index (χ0) is 22.7. The average Bonchev–Trinajstić information content (AvgIpc) is 3.09. The second-order valence-electron chi connectivity index (χ2n) is 7.24. The van der Waals surface area contributed by atoms with Crippen LogP contribution in [-0.4, -0.2) is 35.9 Å². The van der Waals surface area contributed by atoms with Gasteiger partial charge in [-0.25, -0.2) is 0 Å². The Bertz CT molecular complexity index is 1180. The first-order valence-corrected chi connectivity index (χ1v) is 10.6. The van der Waals surface area contributed by atoms with Crippen molar-refractivity contribution < 1.29 is 19.0 Å². The Morgan fingerprint density at radius 3 is 2.34 bits per heavy atom. The van der Waals surface area contributed by atoms with E-state index in [0.29, 0.717) is 21.4 Å². The van der Waals surface area contributed by atoms with Gasteiger partial charge in [0.2, 0.25) is 12.3 Å². The first-order valence-electron chi connectivity index (χ1n) is 9.84. The maximum atomic E-state index is 12.9. The molecule has 6 nitrogen and oxygen atoms in total. The molecule has 0 radical (unpaired) electrons. The molecule has 1 heterocycles. The molecular formula is C24H20Cl2N3O3+. The van der Waals surface area contributed by atoms with Crippen molar-refractivity contribution in [3.05, 3.63) is 99.5 Å². The highest BCUT2D eigenvalue weighted by Gasteiger charge is 2.47. The molecule has 32 heavy (non-hydrogen) atoms. The Kier molecular flexibility index (Phi) is 6.44. The number of hydrazine groups is 1. The molecule has 0 bridgehead atoms. The van der Waals surface area contributed by atoms with Gasteiger partial charge in [0.25, 0.3) is 5.91 Å². The molecule has 2 atom stereocenters. The van der Waals surface area contributed by atoms with Gasteiger partial charge in [0, 0.05) is 26.7 Å². The van der Waals surface area contributed by atoms with E-state index < -0.39 is 12.1 Å². The zero-order valence-electron chi connectivity index (χ0n) is 17.1. The summed E-state index contributed by atoms with van der Waals surface area (Å²) in [4.78, 5) is 25.7. The summed E-state index contributed by atoms with van der Waals surface area (Å²) in [7, 11) is 1.59. The van der Waals surface area contributed by atoms with Crippen molar-refractivity contribution in [1.82, 2.24) is 10.7 Å². The summed E-state index contributed by atoms with van der Waals surface area (Å²) in [5, 5.41) is 3.96. The van der Waals surface area contributed by atoms with Crippen molar-refractivity contribution in [2.75, 3.05) is 7.11 Å². The van der Waals surface area contributed by atoms with E-state index >= 15 is 0 Å². The molecule has 0 aliphatic carbocycles. The number of nitrogens with zero attached hydrogens (tertiary/aromatic N) is 1. The van der Waals surface area contributed by atoms with Gasteiger partial charge in [-0.2, -0.15) is 0 Å². The summed E-state index contributed by atoms with van der Waals surface area (Å²) < 4.78 is 6.98. The number of hydrazone groups is 1. The second kappa shape index (κ2) is 9.42. The molecule has 162 valence electrons. The minimum atomic E-state index is -0.832. The van der Waals surface area contributed by atoms with Gasteiger partial charge in [-0.1, -0.05) is 41.4 Å². The van der Waals surface area contributed by atoms with Crippen LogP contribution < -0.4 is 15.5 Å². The van der Waals surface area contributed by atoms with Crippen LogP contribution in [0.1, 0.15) is 27.5 Å². The number of amides is 2. The van der Waals surface area contributed by atoms with Crippen molar-refractivity contribution in [2.45, 2.75) is 12.1 Å². The third-order valence-corrected chi connectivity index (χ3v) is 5.63. The van der Waals surface area contributed by atoms with Gasteiger partial charge < -0.3 is 10.1 Å². The molecular weight excluding hydrogens is 449 g/mol. The smallest absolute Gasteiger partial charge is 0.304 e. The first-order chi connectivity index (χ1) is 15.4. The number of rotatable bonds is 5. The van der Waals surface area contributed by atoms with Crippen molar-refractivity contribution in [2.24, 2.45) is 0 Å². The highest BCUT2D eigenvalue weighted by atomic mass is 35.5. The van der Waals surface area contributed by atoms with E-state index in [1.165, 1.54) is 0 Å². The lowest BCUT2D eigenvalue weighted by atomic mass is 10.00. The number of methoxy groups -OCH3 is 1. The number of benzene rings is 3. The number of hydrogen-bond donors (Lipinski definition) is 2. The highest BCUT2D eigenvalue weighted by molar-refractivity contribution is 6.30. The lowest BCUT2D eigenvalue weighted by Crippen LogP contribution is -2.42. The zero-order valence-corrected chi connectivity index (χ0v) is 18.6. The fourth-order valence-electron chi connectivity index (χ4n) is 3.55. The second-order valence-corrected chi connectivity index (χ2v) is 8.12. The number of carbonyl (C=O) groups is 2. The third-order valence-electron chi connectivity index (χ3n) is 5.12. The molecule has 1 aliphatic heterocycles. The Morgan fingerprint density at radius 1 is 1.03 bits per heavy atom. The number of nitrogens with one attached hydrogen (secondary N) is 2. The third kappa shape index (κ3) is 4.77. The Labute approximate surface area is 195 Å². The fraction of sp³-hybridized carbons (Fsp3) is 0.125. The summed E-state index contributed by atoms with van der Waals surface area (Å²) >= 11 is 12.0. The van der Waals surface area contributed by atoms with Crippen LogP contribution in [0.2, 0.25) is 10.0 Å². The molecule has 8 heteroatoms. The first kappa shape index (κ1) is 21.9. The van der Waals surface area contributed by atoms with E-state index in [0.717, 1.165) is 11.1 Å². The number of halogens is 2. The predicted molar refractivity (Wildman–Crippen MR) is 123 cm³/mol. The Balaban J connectivity index is 1.70. The summed E-state index contributed by atoms with van der Waals surface area (Å²) in [6, 6.07) is 19.8. The minimum absolute atomic E-state index is 0.327. The largest absolute Gasteiger partial charge is 0.497 e. The van der Waals surface area contributed by atoms with Crippen LogP contribution in [0.15, 0.2) is 72.8 Å². The van der Waals surface area contributed by atoms with Crippen molar-refractivity contribution in [3.63, 3.8) is 0 Å². The molecule has 2 amide bonds. The summed E-state index contributed by atoms with van der Waals surface area (Å²) in [5.41, 5.74) is 4.90. The van der Waals surface area contributed by atoms with E-state index in [9.17, 15) is 9.59 Å². The van der Waals surface area contributed by atoms with Crippen LogP contribution in [-0.2, 0) is 4.79 Å². The monoisotopic (exact) mass is 468 g/mol. The molecule has 3 aromatic rings. The molecule has 3 aromatic carbocycles. The molecule has 2 N–H and O–H groups in total. The van der Waals surface area contributed by atoms with E-state index in [4.69, 9.17) is 27.9 Å². The van der Waals surface area contributed by atoms with Gasteiger partial charge in [-0.05, 0) is 54.6 Å². The summed E-state index contributed by atoms with van der Waals surface area (Å²) in [5.74, 6) is -0.00433. The molecule has 1 aliphatic rings.